The fourth-order valence-electron chi connectivity index (χ4n) is 3.70. The minimum absolute atomic E-state index is 0.0906. The average Bonchev–Trinajstić information content (AvgIpc) is 2.56. The fourth-order valence-corrected chi connectivity index (χ4v) is 3.70. The van der Waals surface area contributed by atoms with Crippen LogP contribution in [0.3, 0.4) is 0 Å². The lowest BCUT2D eigenvalue weighted by Crippen LogP contribution is -2.49. The molecule has 2 heterocycles. The summed E-state index contributed by atoms with van der Waals surface area (Å²) in [6.45, 7) is 3.07. The number of rotatable bonds is 5. The van der Waals surface area contributed by atoms with Crippen LogP contribution in [-0.4, -0.2) is 44.9 Å². The van der Waals surface area contributed by atoms with E-state index in [2.05, 4.69) is 16.7 Å². The Kier molecular flexibility index (Phi) is 5.18. The normalized spacial score (nSPS) is 22.2. The molecule has 2 aliphatic heterocycles. The minimum atomic E-state index is -0.114. The maximum Gasteiger partial charge on any atom is 0.220 e. The molecule has 2 aliphatic rings. The summed E-state index contributed by atoms with van der Waals surface area (Å²) in [6, 6.07) is 8.16. The molecule has 1 unspecified atom stereocenters. The molecule has 1 aromatic rings. The van der Waals surface area contributed by atoms with E-state index in [-0.39, 0.29) is 17.4 Å². The lowest BCUT2D eigenvalue weighted by Gasteiger charge is -2.44. The maximum atomic E-state index is 12.2. The highest BCUT2D eigenvalue weighted by atomic mass is 16.5. The van der Waals surface area contributed by atoms with Gasteiger partial charge in [-0.05, 0) is 44.0 Å². The van der Waals surface area contributed by atoms with Crippen LogP contribution in [0.4, 0.5) is 0 Å². The third-order valence-corrected chi connectivity index (χ3v) is 4.88. The van der Waals surface area contributed by atoms with E-state index >= 15 is 0 Å². The third-order valence-electron chi connectivity index (χ3n) is 4.88. The van der Waals surface area contributed by atoms with Crippen molar-refractivity contribution >= 4 is 5.91 Å². The molecule has 3 rings (SSSR count). The first-order valence-corrected chi connectivity index (χ1v) is 8.47. The number of carbonyl (C=O) groups is 1. The summed E-state index contributed by atoms with van der Waals surface area (Å²) in [6.07, 6.45) is 3.44. The van der Waals surface area contributed by atoms with E-state index in [0.29, 0.717) is 19.6 Å². The molecular formula is C18H26N2O3. The highest BCUT2D eigenvalue weighted by Gasteiger charge is 2.42. The Balaban J connectivity index is 1.73. The van der Waals surface area contributed by atoms with E-state index < -0.39 is 0 Å². The predicted octanol–water partition coefficient (Wildman–Crippen LogP) is 1.83. The molecule has 0 aliphatic carbocycles. The number of methoxy groups -OCH3 is 1. The molecule has 5 nitrogen and oxygen atoms in total. The molecule has 1 amide bonds. The van der Waals surface area contributed by atoms with E-state index in [0.717, 1.165) is 38.1 Å². The summed E-state index contributed by atoms with van der Waals surface area (Å²) >= 11 is 0. The molecule has 1 aromatic carbocycles. The average molecular weight is 318 g/mol. The number of nitrogens with one attached hydrogen (secondary N) is 2. The maximum absolute atomic E-state index is 12.2. The minimum Gasteiger partial charge on any atom is -0.487 e. The fraction of sp³-hybridized carbons (Fsp3) is 0.611. The van der Waals surface area contributed by atoms with Crippen LogP contribution >= 0.6 is 0 Å². The zero-order valence-electron chi connectivity index (χ0n) is 13.8. The molecule has 0 radical (unpaired) electrons. The van der Waals surface area contributed by atoms with Gasteiger partial charge in [-0.15, -0.1) is 0 Å². The second-order valence-corrected chi connectivity index (χ2v) is 6.52. The summed E-state index contributed by atoms with van der Waals surface area (Å²) in [4.78, 5) is 12.2. The standard InChI is InChI=1S/C18H26N2O3/c1-22-11-10-20-17(21)12-14-13-18(6-8-19-9-7-18)23-16-5-3-2-4-15(14)16/h2-5,14,19H,6-13H2,1H3,(H,20,21). The van der Waals surface area contributed by atoms with Gasteiger partial charge in [-0.1, -0.05) is 18.2 Å². The van der Waals surface area contributed by atoms with E-state index in [9.17, 15) is 4.79 Å². The molecule has 1 fully saturated rings. The van der Waals surface area contributed by atoms with E-state index in [4.69, 9.17) is 9.47 Å². The SMILES string of the molecule is COCCNC(=O)CC1CC2(CCNCC2)Oc2ccccc21. The number of benzene rings is 1. The topological polar surface area (TPSA) is 59.6 Å². The lowest BCUT2D eigenvalue weighted by atomic mass is 9.76. The number of hydrogen-bond acceptors (Lipinski definition) is 4. The third kappa shape index (κ3) is 3.85. The van der Waals surface area contributed by atoms with E-state index in [1.165, 1.54) is 5.56 Å². The number of amides is 1. The van der Waals surface area contributed by atoms with Gasteiger partial charge in [0.25, 0.3) is 0 Å². The molecule has 1 saturated heterocycles. The van der Waals surface area contributed by atoms with Crippen LogP contribution in [0, 0.1) is 0 Å². The van der Waals surface area contributed by atoms with Gasteiger partial charge in [0.05, 0.1) is 6.61 Å². The van der Waals surface area contributed by atoms with Crippen LogP contribution in [0.25, 0.3) is 0 Å². The Labute approximate surface area is 137 Å². The molecular weight excluding hydrogens is 292 g/mol. The van der Waals surface area contributed by atoms with Gasteiger partial charge in [-0.25, -0.2) is 0 Å². The van der Waals surface area contributed by atoms with Crippen LogP contribution < -0.4 is 15.4 Å². The van der Waals surface area contributed by atoms with Crippen molar-refractivity contribution in [1.82, 2.24) is 10.6 Å². The molecule has 126 valence electrons. The summed E-state index contributed by atoms with van der Waals surface area (Å²) < 4.78 is 11.4. The van der Waals surface area contributed by atoms with Crippen molar-refractivity contribution < 1.29 is 14.3 Å². The van der Waals surface area contributed by atoms with Gasteiger partial charge in [0, 0.05) is 26.0 Å². The van der Waals surface area contributed by atoms with Crippen molar-refractivity contribution in [2.45, 2.75) is 37.2 Å². The van der Waals surface area contributed by atoms with Gasteiger partial charge in [-0.2, -0.15) is 0 Å². The highest BCUT2D eigenvalue weighted by molar-refractivity contribution is 5.77. The van der Waals surface area contributed by atoms with Crippen molar-refractivity contribution in [2.75, 3.05) is 33.4 Å². The van der Waals surface area contributed by atoms with Gasteiger partial charge in [-0.3, -0.25) is 4.79 Å². The monoisotopic (exact) mass is 318 g/mol. The van der Waals surface area contributed by atoms with Gasteiger partial charge in [0.1, 0.15) is 11.4 Å². The van der Waals surface area contributed by atoms with Crippen LogP contribution in [0.1, 0.15) is 37.2 Å². The Bertz CT molecular complexity index is 541. The molecule has 5 heteroatoms. The number of para-hydroxylation sites is 1. The Morgan fingerprint density at radius 1 is 1.39 bits per heavy atom. The zero-order valence-corrected chi connectivity index (χ0v) is 13.8. The Hall–Kier alpha value is -1.59. The largest absolute Gasteiger partial charge is 0.487 e. The molecule has 1 atom stereocenters. The summed E-state index contributed by atoms with van der Waals surface area (Å²) in [7, 11) is 1.64. The smallest absolute Gasteiger partial charge is 0.220 e. The first-order valence-electron chi connectivity index (χ1n) is 8.47. The number of fused-ring (bicyclic) bond motifs is 1. The number of ether oxygens (including phenoxy) is 2. The Morgan fingerprint density at radius 3 is 2.96 bits per heavy atom. The van der Waals surface area contributed by atoms with Crippen LogP contribution in [0.2, 0.25) is 0 Å². The second-order valence-electron chi connectivity index (χ2n) is 6.52. The van der Waals surface area contributed by atoms with Crippen LogP contribution in [0.15, 0.2) is 24.3 Å². The van der Waals surface area contributed by atoms with Crippen molar-refractivity contribution in [3.8, 4) is 5.75 Å². The molecule has 23 heavy (non-hydrogen) atoms. The molecule has 2 N–H and O–H groups in total. The van der Waals surface area contributed by atoms with Crippen LogP contribution in [-0.2, 0) is 9.53 Å². The van der Waals surface area contributed by atoms with E-state index in [1.54, 1.807) is 7.11 Å². The first kappa shape index (κ1) is 16.3. The van der Waals surface area contributed by atoms with Crippen molar-refractivity contribution in [3.63, 3.8) is 0 Å². The van der Waals surface area contributed by atoms with Crippen molar-refractivity contribution in [1.29, 1.82) is 0 Å². The van der Waals surface area contributed by atoms with E-state index in [1.807, 2.05) is 18.2 Å². The number of hydrogen-bond donors (Lipinski definition) is 2. The van der Waals surface area contributed by atoms with Gasteiger partial charge in [0.15, 0.2) is 0 Å². The number of carbonyl (C=O) groups excluding carboxylic acids is 1. The van der Waals surface area contributed by atoms with Gasteiger partial charge in [0.2, 0.25) is 5.91 Å². The van der Waals surface area contributed by atoms with Crippen molar-refractivity contribution in [3.05, 3.63) is 29.8 Å². The summed E-state index contributed by atoms with van der Waals surface area (Å²) in [5.74, 6) is 1.27. The van der Waals surface area contributed by atoms with Gasteiger partial charge >= 0.3 is 0 Å². The van der Waals surface area contributed by atoms with Gasteiger partial charge < -0.3 is 20.1 Å². The van der Waals surface area contributed by atoms with Crippen LogP contribution in [0.5, 0.6) is 5.75 Å². The highest BCUT2D eigenvalue weighted by Crippen LogP contribution is 2.45. The first-order chi connectivity index (χ1) is 11.2. The van der Waals surface area contributed by atoms with Crippen molar-refractivity contribution in [2.24, 2.45) is 0 Å². The molecule has 0 aromatic heterocycles. The zero-order chi connectivity index (χ0) is 16.1. The summed E-state index contributed by atoms with van der Waals surface area (Å²) in [5, 5.41) is 6.33. The lowest BCUT2D eigenvalue weighted by molar-refractivity contribution is -0.122. The molecule has 1 spiro atoms. The molecule has 0 bridgehead atoms. The predicted molar refractivity (Wildman–Crippen MR) is 88.8 cm³/mol. The molecule has 0 saturated carbocycles. The number of piperidine rings is 1. The summed E-state index contributed by atoms with van der Waals surface area (Å²) in [5.41, 5.74) is 1.05. The Morgan fingerprint density at radius 2 is 2.17 bits per heavy atom. The quantitative estimate of drug-likeness (QED) is 0.813. The second kappa shape index (κ2) is 7.32.